The monoisotopic (exact) mass is 358 g/mol. The van der Waals surface area contributed by atoms with E-state index in [2.05, 4.69) is 5.32 Å². The molecule has 0 aliphatic heterocycles. The standard InChI is InChI=1S/C22H18N2O3/c1-16(25)23-19-13-8-14-20(15-19)24(21(26)17-9-4-2-5-10-17)22(27)18-11-6-3-7-12-18/h2-15H,1H3,(H,23,25). The highest BCUT2D eigenvalue weighted by atomic mass is 16.2. The minimum Gasteiger partial charge on any atom is -0.326 e. The summed E-state index contributed by atoms with van der Waals surface area (Å²) in [6.45, 7) is 1.40. The molecule has 0 unspecified atom stereocenters. The number of amides is 3. The normalized spacial score (nSPS) is 10.1. The van der Waals surface area contributed by atoms with Gasteiger partial charge in [-0.15, -0.1) is 0 Å². The average molecular weight is 358 g/mol. The van der Waals surface area contributed by atoms with Gasteiger partial charge in [-0.2, -0.15) is 0 Å². The summed E-state index contributed by atoms with van der Waals surface area (Å²) < 4.78 is 0. The van der Waals surface area contributed by atoms with E-state index in [9.17, 15) is 14.4 Å². The van der Waals surface area contributed by atoms with Gasteiger partial charge in [0.2, 0.25) is 5.91 Å². The first-order chi connectivity index (χ1) is 13.1. The predicted molar refractivity (Wildman–Crippen MR) is 105 cm³/mol. The van der Waals surface area contributed by atoms with Gasteiger partial charge in [0.05, 0.1) is 5.69 Å². The largest absolute Gasteiger partial charge is 0.326 e. The Labute approximate surface area is 157 Å². The van der Waals surface area contributed by atoms with Crippen LogP contribution in [0.5, 0.6) is 0 Å². The molecule has 0 saturated heterocycles. The number of carbonyl (C=O) groups excluding carboxylic acids is 3. The Morgan fingerprint density at radius 3 is 1.70 bits per heavy atom. The first-order valence-corrected chi connectivity index (χ1v) is 8.43. The molecule has 0 atom stereocenters. The molecule has 3 rings (SSSR count). The van der Waals surface area contributed by atoms with E-state index in [1.807, 2.05) is 0 Å². The van der Waals surface area contributed by atoms with E-state index in [4.69, 9.17) is 0 Å². The highest BCUT2D eigenvalue weighted by Crippen LogP contribution is 2.24. The number of nitrogens with zero attached hydrogens (tertiary/aromatic N) is 1. The van der Waals surface area contributed by atoms with Gasteiger partial charge >= 0.3 is 0 Å². The number of carbonyl (C=O) groups is 3. The summed E-state index contributed by atoms with van der Waals surface area (Å²) in [5.41, 5.74) is 1.68. The van der Waals surface area contributed by atoms with Crippen molar-refractivity contribution < 1.29 is 14.4 Å². The summed E-state index contributed by atoms with van der Waals surface area (Å²) >= 11 is 0. The van der Waals surface area contributed by atoms with Crippen molar-refractivity contribution in [3.05, 3.63) is 96.1 Å². The lowest BCUT2D eigenvalue weighted by Crippen LogP contribution is -2.37. The van der Waals surface area contributed by atoms with Crippen LogP contribution in [0.2, 0.25) is 0 Å². The number of hydrogen-bond acceptors (Lipinski definition) is 3. The van der Waals surface area contributed by atoms with Crippen LogP contribution < -0.4 is 10.2 Å². The van der Waals surface area contributed by atoms with Gasteiger partial charge in [-0.05, 0) is 42.5 Å². The third kappa shape index (κ3) is 4.27. The minimum atomic E-state index is -0.440. The molecular weight excluding hydrogens is 340 g/mol. The maximum atomic E-state index is 13.1. The van der Waals surface area contributed by atoms with E-state index in [-0.39, 0.29) is 5.91 Å². The maximum absolute atomic E-state index is 13.1. The molecule has 0 radical (unpaired) electrons. The molecule has 3 aromatic rings. The Hall–Kier alpha value is -3.73. The number of anilines is 2. The van der Waals surface area contributed by atoms with Crippen LogP contribution in [-0.4, -0.2) is 17.7 Å². The van der Waals surface area contributed by atoms with Crippen LogP contribution in [0.15, 0.2) is 84.9 Å². The molecule has 3 amide bonds. The van der Waals surface area contributed by atoms with Gasteiger partial charge in [0.15, 0.2) is 0 Å². The SMILES string of the molecule is CC(=O)Nc1cccc(N(C(=O)c2ccccc2)C(=O)c2ccccc2)c1. The lowest BCUT2D eigenvalue weighted by atomic mass is 10.1. The van der Waals surface area contributed by atoms with Gasteiger partial charge in [0.1, 0.15) is 0 Å². The van der Waals surface area contributed by atoms with Crippen LogP contribution in [0, 0.1) is 0 Å². The van der Waals surface area contributed by atoms with Crippen LogP contribution >= 0.6 is 0 Å². The predicted octanol–water partition coefficient (Wildman–Crippen LogP) is 4.13. The highest BCUT2D eigenvalue weighted by Gasteiger charge is 2.26. The number of nitrogens with one attached hydrogen (secondary N) is 1. The van der Waals surface area contributed by atoms with Gasteiger partial charge in [-0.3, -0.25) is 14.4 Å². The lowest BCUT2D eigenvalue weighted by molar-refractivity contribution is -0.114. The van der Waals surface area contributed by atoms with E-state index in [1.165, 1.54) is 6.92 Å². The van der Waals surface area contributed by atoms with E-state index in [1.54, 1.807) is 84.9 Å². The molecule has 27 heavy (non-hydrogen) atoms. The number of imide groups is 1. The van der Waals surface area contributed by atoms with Crippen LogP contribution in [0.4, 0.5) is 11.4 Å². The van der Waals surface area contributed by atoms with Crippen molar-refractivity contribution in [2.75, 3.05) is 10.2 Å². The van der Waals surface area contributed by atoms with E-state index < -0.39 is 11.8 Å². The second-order valence-electron chi connectivity index (χ2n) is 5.91. The molecule has 0 aliphatic rings. The molecule has 0 aromatic heterocycles. The highest BCUT2D eigenvalue weighted by molar-refractivity contribution is 6.25. The Balaban J connectivity index is 2.06. The smallest absolute Gasteiger partial charge is 0.265 e. The van der Waals surface area contributed by atoms with E-state index in [0.29, 0.717) is 22.5 Å². The van der Waals surface area contributed by atoms with Crippen LogP contribution in [0.1, 0.15) is 27.6 Å². The van der Waals surface area contributed by atoms with Crippen LogP contribution in [0.3, 0.4) is 0 Å². The molecule has 134 valence electrons. The van der Waals surface area contributed by atoms with Crippen molar-refractivity contribution in [3.63, 3.8) is 0 Å². The topological polar surface area (TPSA) is 66.5 Å². The fourth-order valence-corrected chi connectivity index (χ4v) is 2.67. The molecule has 0 heterocycles. The second kappa shape index (κ2) is 8.10. The van der Waals surface area contributed by atoms with Crippen molar-refractivity contribution >= 4 is 29.1 Å². The number of benzene rings is 3. The first-order valence-electron chi connectivity index (χ1n) is 8.43. The fourth-order valence-electron chi connectivity index (χ4n) is 2.67. The van der Waals surface area contributed by atoms with Crippen molar-refractivity contribution in [2.45, 2.75) is 6.92 Å². The molecule has 5 heteroatoms. The Bertz CT molecular complexity index is 918. The Morgan fingerprint density at radius 2 is 1.22 bits per heavy atom. The molecule has 0 aliphatic carbocycles. The van der Waals surface area contributed by atoms with Gasteiger partial charge in [0.25, 0.3) is 11.8 Å². The Morgan fingerprint density at radius 1 is 0.704 bits per heavy atom. The van der Waals surface area contributed by atoms with E-state index in [0.717, 1.165) is 4.90 Å². The molecule has 0 spiro atoms. The number of rotatable bonds is 4. The van der Waals surface area contributed by atoms with Gasteiger partial charge < -0.3 is 5.32 Å². The summed E-state index contributed by atoms with van der Waals surface area (Å²) in [5, 5.41) is 2.67. The van der Waals surface area contributed by atoms with Gasteiger partial charge in [-0.1, -0.05) is 42.5 Å². The molecule has 1 N–H and O–H groups in total. The van der Waals surface area contributed by atoms with Crippen LogP contribution in [0.25, 0.3) is 0 Å². The molecule has 0 fully saturated rings. The minimum absolute atomic E-state index is 0.234. The zero-order valence-corrected chi connectivity index (χ0v) is 14.8. The van der Waals surface area contributed by atoms with Crippen molar-refractivity contribution in [1.82, 2.24) is 0 Å². The third-order valence-corrected chi connectivity index (χ3v) is 3.87. The zero-order chi connectivity index (χ0) is 19.2. The molecule has 0 saturated carbocycles. The summed E-state index contributed by atoms with van der Waals surface area (Å²) in [7, 11) is 0. The summed E-state index contributed by atoms with van der Waals surface area (Å²) in [6.07, 6.45) is 0. The second-order valence-corrected chi connectivity index (χ2v) is 5.91. The van der Waals surface area contributed by atoms with Gasteiger partial charge in [-0.25, -0.2) is 4.90 Å². The Kier molecular flexibility index (Phi) is 5.42. The fraction of sp³-hybridized carbons (Fsp3) is 0.0455. The van der Waals surface area contributed by atoms with Crippen molar-refractivity contribution in [3.8, 4) is 0 Å². The summed E-state index contributed by atoms with van der Waals surface area (Å²) in [6, 6.07) is 23.8. The summed E-state index contributed by atoms with van der Waals surface area (Å²) in [5.74, 6) is -1.11. The maximum Gasteiger partial charge on any atom is 0.265 e. The zero-order valence-electron chi connectivity index (χ0n) is 14.8. The van der Waals surface area contributed by atoms with Crippen LogP contribution in [-0.2, 0) is 4.79 Å². The molecular formula is C22H18N2O3. The average Bonchev–Trinajstić information content (AvgIpc) is 2.69. The van der Waals surface area contributed by atoms with Crippen molar-refractivity contribution in [2.24, 2.45) is 0 Å². The molecule has 0 bridgehead atoms. The first kappa shape index (κ1) is 18.1. The molecule has 3 aromatic carbocycles. The quantitative estimate of drug-likeness (QED) is 0.713. The number of hydrogen-bond donors (Lipinski definition) is 1. The molecule has 5 nitrogen and oxygen atoms in total. The third-order valence-electron chi connectivity index (χ3n) is 3.87. The van der Waals surface area contributed by atoms with Gasteiger partial charge in [0, 0.05) is 23.7 Å². The lowest BCUT2D eigenvalue weighted by Gasteiger charge is -2.22. The van der Waals surface area contributed by atoms with Crippen molar-refractivity contribution in [1.29, 1.82) is 0 Å². The summed E-state index contributed by atoms with van der Waals surface area (Å²) in [4.78, 5) is 38.7. The van der Waals surface area contributed by atoms with E-state index >= 15 is 0 Å².